The van der Waals surface area contributed by atoms with Crippen LogP contribution < -0.4 is 5.32 Å². The van der Waals surface area contributed by atoms with Gasteiger partial charge >= 0.3 is 5.97 Å². The first-order valence-electron chi connectivity index (χ1n) is 10.6. The van der Waals surface area contributed by atoms with E-state index in [1.54, 1.807) is 12.1 Å². The van der Waals surface area contributed by atoms with Crippen molar-refractivity contribution in [1.82, 2.24) is 5.32 Å². The summed E-state index contributed by atoms with van der Waals surface area (Å²) in [6.45, 7) is 6.34. The third-order valence-corrected chi connectivity index (χ3v) is 6.32. The van der Waals surface area contributed by atoms with Crippen LogP contribution in [0.1, 0.15) is 49.3 Å². The van der Waals surface area contributed by atoms with Crippen molar-refractivity contribution < 1.29 is 17.9 Å². The number of fused-ring (bicyclic) bond motifs is 1. The summed E-state index contributed by atoms with van der Waals surface area (Å²) in [5, 5.41) is 3.48. The highest BCUT2D eigenvalue weighted by molar-refractivity contribution is 7.79. The first kappa shape index (κ1) is 22.4. The Kier molecular flexibility index (Phi) is 7.15. The minimum absolute atomic E-state index is 0.210. The lowest BCUT2D eigenvalue weighted by Gasteiger charge is -2.16. The number of aryl methyl sites for hydroxylation is 2. The molecular formula is C26H27NO4S. The fraction of sp³-hybridized carbons (Fsp3) is 0.269. The number of hydrogen-bond acceptors (Lipinski definition) is 5. The summed E-state index contributed by atoms with van der Waals surface area (Å²) in [5.41, 5.74) is 8.25. The fourth-order valence-corrected chi connectivity index (χ4v) is 4.70. The second-order valence-electron chi connectivity index (χ2n) is 8.19. The van der Waals surface area contributed by atoms with Gasteiger partial charge in [-0.1, -0.05) is 59.7 Å². The van der Waals surface area contributed by atoms with Gasteiger partial charge in [-0.2, -0.15) is 0 Å². The number of ether oxygens (including phenoxy) is 1. The van der Waals surface area contributed by atoms with Gasteiger partial charge in [0.1, 0.15) is 6.61 Å². The van der Waals surface area contributed by atoms with E-state index in [9.17, 15) is 9.00 Å². The van der Waals surface area contributed by atoms with Crippen LogP contribution in [0.4, 0.5) is 0 Å². The molecule has 1 heterocycles. The molecule has 3 aromatic carbocycles. The SMILES string of the molecule is Cc1cc(C)cc(CNCc2ccc(COC(=O)c3ccc4c(c3)CS(=O)OC4)cc2)c1. The standard InChI is InChI=1S/C26H27NO4S/c1-18-9-19(2)11-22(10-18)14-27-13-20-3-5-21(6-4-20)15-30-26(28)23-7-8-24-16-31-32(29)17-25(24)12-23/h3-12,27H,13-17H2,1-2H3. The van der Waals surface area contributed by atoms with Crippen LogP contribution in [0.3, 0.4) is 0 Å². The van der Waals surface area contributed by atoms with Gasteiger partial charge in [0.05, 0.1) is 17.9 Å². The molecule has 166 valence electrons. The lowest BCUT2D eigenvalue weighted by molar-refractivity contribution is 0.0472. The van der Waals surface area contributed by atoms with Gasteiger partial charge in [0.25, 0.3) is 0 Å². The van der Waals surface area contributed by atoms with Gasteiger partial charge in [-0.3, -0.25) is 4.18 Å². The first-order chi connectivity index (χ1) is 15.5. The molecule has 1 atom stereocenters. The van der Waals surface area contributed by atoms with E-state index in [0.29, 0.717) is 17.9 Å². The Balaban J connectivity index is 1.27. The predicted octanol–water partition coefficient (Wildman–Crippen LogP) is 4.64. The van der Waals surface area contributed by atoms with Crippen molar-refractivity contribution in [3.63, 3.8) is 0 Å². The van der Waals surface area contributed by atoms with E-state index in [0.717, 1.165) is 29.8 Å². The van der Waals surface area contributed by atoms with Crippen molar-refractivity contribution in [2.45, 2.75) is 45.9 Å². The molecule has 6 heteroatoms. The summed E-state index contributed by atoms with van der Waals surface area (Å²) in [7, 11) is 0. The zero-order valence-corrected chi connectivity index (χ0v) is 19.2. The molecule has 0 aromatic heterocycles. The Labute approximate surface area is 191 Å². The van der Waals surface area contributed by atoms with E-state index >= 15 is 0 Å². The Morgan fingerprint density at radius 3 is 2.34 bits per heavy atom. The summed E-state index contributed by atoms with van der Waals surface area (Å²) < 4.78 is 22.2. The van der Waals surface area contributed by atoms with Gasteiger partial charge in [-0.15, -0.1) is 0 Å². The molecule has 3 aromatic rings. The average molecular weight is 450 g/mol. The minimum Gasteiger partial charge on any atom is -0.457 e. The molecule has 1 aliphatic rings. The van der Waals surface area contributed by atoms with Crippen molar-refractivity contribution in [3.05, 3.63) is 105 Å². The van der Waals surface area contributed by atoms with Crippen LogP contribution in [0.25, 0.3) is 0 Å². The molecular weight excluding hydrogens is 422 g/mol. The highest BCUT2D eigenvalue weighted by Gasteiger charge is 2.18. The third-order valence-electron chi connectivity index (χ3n) is 5.39. The molecule has 0 fully saturated rings. The van der Waals surface area contributed by atoms with E-state index in [1.165, 1.54) is 22.3 Å². The number of rotatable bonds is 7. The number of hydrogen-bond donors (Lipinski definition) is 1. The molecule has 0 saturated carbocycles. The van der Waals surface area contributed by atoms with E-state index < -0.39 is 11.1 Å². The number of esters is 1. The number of carbonyl (C=O) groups excluding carboxylic acids is 1. The Hall–Kier alpha value is -2.80. The smallest absolute Gasteiger partial charge is 0.338 e. The van der Waals surface area contributed by atoms with Crippen molar-refractivity contribution in [2.75, 3.05) is 0 Å². The van der Waals surface area contributed by atoms with E-state index in [2.05, 4.69) is 37.4 Å². The van der Waals surface area contributed by atoms with Gasteiger partial charge in [0, 0.05) is 13.1 Å². The van der Waals surface area contributed by atoms with Crippen LogP contribution in [0.15, 0.2) is 60.7 Å². The predicted molar refractivity (Wildman–Crippen MR) is 125 cm³/mol. The van der Waals surface area contributed by atoms with Gasteiger partial charge in [0.15, 0.2) is 11.1 Å². The maximum atomic E-state index is 12.4. The monoisotopic (exact) mass is 449 g/mol. The lowest BCUT2D eigenvalue weighted by Crippen LogP contribution is -2.13. The van der Waals surface area contributed by atoms with Crippen LogP contribution in [-0.2, 0) is 52.1 Å². The molecule has 4 rings (SSSR count). The van der Waals surface area contributed by atoms with E-state index in [1.807, 2.05) is 30.3 Å². The molecule has 1 unspecified atom stereocenters. The largest absolute Gasteiger partial charge is 0.457 e. The highest BCUT2D eigenvalue weighted by Crippen LogP contribution is 2.21. The van der Waals surface area contributed by atoms with E-state index in [-0.39, 0.29) is 12.6 Å². The second kappa shape index (κ2) is 10.2. The third kappa shape index (κ3) is 5.91. The Morgan fingerprint density at radius 1 is 0.906 bits per heavy atom. The summed E-state index contributed by atoms with van der Waals surface area (Å²) in [6.07, 6.45) is 0. The summed E-state index contributed by atoms with van der Waals surface area (Å²) in [5.74, 6) is -0.0839. The maximum absolute atomic E-state index is 12.4. The number of benzene rings is 3. The van der Waals surface area contributed by atoms with Crippen molar-refractivity contribution in [3.8, 4) is 0 Å². The minimum atomic E-state index is -1.33. The van der Waals surface area contributed by atoms with Crippen LogP contribution in [-0.4, -0.2) is 10.2 Å². The first-order valence-corrected chi connectivity index (χ1v) is 11.9. The van der Waals surface area contributed by atoms with Gasteiger partial charge < -0.3 is 10.1 Å². The maximum Gasteiger partial charge on any atom is 0.338 e. The Bertz CT molecular complexity index is 1120. The summed E-state index contributed by atoms with van der Waals surface area (Å²) in [6, 6.07) is 20.0. The molecule has 0 aliphatic carbocycles. The molecule has 5 nitrogen and oxygen atoms in total. The van der Waals surface area contributed by atoms with Gasteiger partial charge in [-0.05, 0) is 53.8 Å². The average Bonchev–Trinajstić information content (AvgIpc) is 2.77. The van der Waals surface area contributed by atoms with Crippen LogP contribution in [0, 0.1) is 13.8 Å². The molecule has 0 amide bonds. The van der Waals surface area contributed by atoms with Crippen LogP contribution in [0.5, 0.6) is 0 Å². The summed E-state index contributed by atoms with van der Waals surface area (Å²) in [4.78, 5) is 12.4. The number of nitrogens with one attached hydrogen (secondary N) is 1. The molecule has 0 spiro atoms. The fourth-order valence-electron chi connectivity index (χ4n) is 3.83. The van der Waals surface area contributed by atoms with E-state index in [4.69, 9.17) is 8.92 Å². The quantitative estimate of drug-likeness (QED) is 0.532. The van der Waals surface area contributed by atoms with Crippen molar-refractivity contribution in [2.24, 2.45) is 0 Å². The molecule has 0 radical (unpaired) electrons. The van der Waals surface area contributed by atoms with Crippen molar-refractivity contribution in [1.29, 1.82) is 0 Å². The highest BCUT2D eigenvalue weighted by atomic mass is 32.2. The Morgan fingerprint density at radius 2 is 1.59 bits per heavy atom. The normalized spacial score (nSPS) is 15.2. The summed E-state index contributed by atoms with van der Waals surface area (Å²) >= 11 is -1.33. The number of carbonyl (C=O) groups is 1. The molecule has 32 heavy (non-hydrogen) atoms. The molecule has 1 aliphatic heterocycles. The van der Waals surface area contributed by atoms with Crippen LogP contribution in [0.2, 0.25) is 0 Å². The molecule has 1 N–H and O–H groups in total. The van der Waals surface area contributed by atoms with Crippen molar-refractivity contribution >= 4 is 17.0 Å². The lowest BCUT2D eigenvalue weighted by atomic mass is 10.1. The van der Waals surface area contributed by atoms with Gasteiger partial charge in [-0.25, -0.2) is 9.00 Å². The van der Waals surface area contributed by atoms with Crippen LogP contribution >= 0.6 is 0 Å². The topological polar surface area (TPSA) is 64.6 Å². The molecule has 0 saturated heterocycles. The zero-order valence-electron chi connectivity index (χ0n) is 18.4. The molecule has 0 bridgehead atoms. The second-order valence-corrected chi connectivity index (χ2v) is 9.32. The van der Waals surface area contributed by atoms with Gasteiger partial charge in [0.2, 0.25) is 0 Å². The zero-order chi connectivity index (χ0) is 22.5.